The number of likely N-dealkylation sites (tertiary alicyclic amines) is 1. The molecule has 5 heteroatoms. The first-order valence-corrected chi connectivity index (χ1v) is 6.97. The summed E-state index contributed by atoms with van der Waals surface area (Å²) in [6.07, 6.45) is 4.25. The van der Waals surface area contributed by atoms with Crippen LogP contribution in [0, 0.1) is 0 Å². The van der Waals surface area contributed by atoms with Gasteiger partial charge in [0.05, 0.1) is 12.1 Å². The molecule has 0 aromatic rings. The summed E-state index contributed by atoms with van der Waals surface area (Å²) in [5.74, 6) is 0.127. The van der Waals surface area contributed by atoms with Crippen molar-refractivity contribution in [2.24, 2.45) is 0 Å². The van der Waals surface area contributed by atoms with Gasteiger partial charge in [0.25, 0.3) is 0 Å². The third-order valence-corrected chi connectivity index (χ3v) is 4.14. The van der Waals surface area contributed by atoms with Crippen molar-refractivity contribution in [3.63, 3.8) is 0 Å². The molecular weight excluding hydrogens is 242 g/mol. The molecule has 0 aromatic carbocycles. The summed E-state index contributed by atoms with van der Waals surface area (Å²) in [4.78, 5) is 16.5. The van der Waals surface area contributed by atoms with Crippen molar-refractivity contribution in [1.82, 2.24) is 15.1 Å². The Labute approximate surface area is 115 Å². The summed E-state index contributed by atoms with van der Waals surface area (Å²) in [6.45, 7) is 3.59. The third-order valence-electron chi connectivity index (χ3n) is 4.14. The van der Waals surface area contributed by atoms with E-state index >= 15 is 0 Å². The van der Waals surface area contributed by atoms with E-state index in [9.17, 15) is 4.79 Å². The van der Waals surface area contributed by atoms with Crippen LogP contribution in [-0.2, 0) is 9.53 Å². The molecule has 1 N–H and O–H groups in total. The number of ether oxygens (including phenoxy) is 1. The van der Waals surface area contributed by atoms with Gasteiger partial charge in [-0.05, 0) is 26.9 Å². The first-order chi connectivity index (χ1) is 9.10. The van der Waals surface area contributed by atoms with Crippen LogP contribution in [0.4, 0.5) is 0 Å². The summed E-state index contributed by atoms with van der Waals surface area (Å²) < 4.78 is 5.33. The van der Waals surface area contributed by atoms with Crippen LogP contribution >= 0.6 is 0 Å². The summed E-state index contributed by atoms with van der Waals surface area (Å²) >= 11 is 0. The number of methoxy groups -OCH3 is 1. The Kier molecular flexibility index (Phi) is 4.96. The maximum Gasteiger partial charge on any atom is 0.237 e. The normalized spacial score (nSPS) is 29.3. The lowest BCUT2D eigenvalue weighted by Crippen LogP contribution is -2.42. The number of likely N-dealkylation sites (N-methyl/N-ethyl adjacent to an activating group) is 2. The van der Waals surface area contributed by atoms with Crippen LogP contribution in [-0.4, -0.2) is 75.2 Å². The van der Waals surface area contributed by atoms with E-state index in [-0.39, 0.29) is 18.1 Å². The molecule has 1 fully saturated rings. The Hall–Kier alpha value is -0.910. The molecule has 0 bridgehead atoms. The number of nitrogens with zero attached hydrogens (tertiary/aromatic N) is 2. The minimum absolute atomic E-state index is 0.0446. The largest absolute Gasteiger partial charge is 0.380 e. The molecule has 5 nitrogen and oxygen atoms in total. The van der Waals surface area contributed by atoms with E-state index in [4.69, 9.17) is 4.74 Å². The van der Waals surface area contributed by atoms with Crippen LogP contribution < -0.4 is 5.32 Å². The van der Waals surface area contributed by atoms with Crippen LogP contribution in [0.25, 0.3) is 0 Å². The number of rotatable bonds is 4. The van der Waals surface area contributed by atoms with E-state index in [2.05, 4.69) is 28.2 Å². The quantitative estimate of drug-likeness (QED) is 0.733. The Morgan fingerprint density at radius 1 is 1.53 bits per heavy atom. The summed E-state index contributed by atoms with van der Waals surface area (Å²) in [5, 5.41) is 3.06. The fourth-order valence-corrected chi connectivity index (χ4v) is 2.72. The number of amides is 1. The fraction of sp³-hybridized carbons (Fsp3) is 0.786. The van der Waals surface area contributed by atoms with Gasteiger partial charge in [0.1, 0.15) is 0 Å². The van der Waals surface area contributed by atoms with Crippen molar-refractivity contribution in [2.75, 3.05) is 47.4 Å². The Morgan fingerprint density at radius 2 is 2.32 bits per heavy atom. The van der Waals surface area contributed by atoms with Crippen LogP contribution in [0.2, 0.25) is 0 Å². The molecule has 2 atom stereocenters. The van der Waals surface area contributed by atoms with Gasteiger partial charge in [0.15, 0.2) is 0 Å². The lowest BCUT2D eigenvalue weighted by Gasteiger charge is -2.23. The van der Waals surface area contributed by atoms with E-state index in [1.807, 2.05) is 7.05 Å². The van der Waals surface area contributed by atoms with Gasteiger partial charge in [0.2, 0.25) is 5.91 Å². The van der Waals surface area contributed by atoms with Gasteiger partial charge >= 0.3 is 0 Å². The number of hydrogen-bond acceptors (Lipinski definition) is 4. The molecule has 0 spiro atoms. The van der Waals surface area contributed by atoms with Gasteiger partial charge in [-0.2, -0.15) is 0 Å². The highest BCUT2D eigenvalue weighted by molar-refractivity contribution is 5.82. The topological polar surface area (TPSA) is 44.8 Å². The molecule has 0 aromatic heterocycles. The number of carbonyl (C=O) groups is 1. The van der Waals surface area contributed by atoms with Crippen molar-refractivity contribution in [3.8, 4) is 0 Å². The molecule has 108 valence electrons. The van der Waals surface area contributed by atoms with Crippen molar-refractivity contribution < 1.29 is 9.53 Å². The molecule has 2 aliphatic heterocycles. The summed E-state index contributed by atoms with van der Waals surface area (Å²) in [6, 6.07) is -0.0446. The van der Waals surface area contributed by atoms with Crippen LogP contribution in [0.5, 0.6) is 0 Å². The van der Waals surface area contributed by atoms with Gasteiger partial charge in [-0.3, -0.25) is 9.69 Å². The molecular formula is C14H25N3O2. The highest BCUT2D eigenvalue weighted by atomic mass is 16.5. The van der Waals surface area contributed by atoms with Gasteiger partial charge in [-0.25, -0.2) is 0 Å². The second kappa shape index (κ2) is 6.50. The first kappa shape index (κ1) is 14.5. The lowest BCUT2D eigenvalue weighted by atomic mass is 10.1. The van der Waals surface area contributed by atoms with Crippen LogP contribution in [0.3, 0.4) is 0 Å². The van der Waals surface area contributed by atoms with Gasteiger partial charge in [-0.1, -0.05) is 11.6 Å². The fourth-order valence-electron chi connectivity index (χ4n) is 2.72. The molecule has 2 rings (SSSR count). The molecule has 1 amide bonds. The summed E-state index contributed by atoms with van der Waals surface area (Å²) in [5.41, 5.74) is 1.34. The molecule has 2 aliphatic rings. The monoisotopic (exact) mass is 267 g/mol. The molecule has 0 radical (unpaired) electrons. The SMILES string of the molecule is CO[C@H]1C[C@@H](C(=O)NCC2=CCN(C)CC2)N(C)C1. The predicted octanol–water partition coefficient (Wildman–Crippen LogP) is 0.0836. The second-order valence-electron chi connectivity index (χ2n) is 5.64. The smallest absolute Gasteiger partial charge is 0.237 e. The van der Waals surface area contributed by atoms with Gasteiger partial charge in [-0.15, -0.1) is 0 Å². The highest BCUT2D eigenvalue weighted by Gasteiger charge is 2.34. The molecule has 0 saturated carbocycles. The first-order valence-electron chi connectivity index (χ1n) is 6.97. The van der Waals surface area contributed by atoms with E-state index < -0.39 is 0 Å². The molecule has 1 saturated heterocycles. The second-order valence-corrected chi connectivity index (χ2v) is 5.64. The molecule has 0 aliphatic carbocycles. The molecule has 2 heterocycles. The van der Waals surface area contributed by atoms with E-state index in [1.54, 1.807) is 7.11 Å². The molecule has 0 unspecified atom stereocenters. The Bertz CT molecular complexity index is 357. The number of hydrogen-bond donors (Lipinski definition) is 1. The minimum Gasteiger partial charge on any atom is -0.380 e. The van der Waals surface area contributed by atoms with Crippen molar-refractivity contribution >= 4 is 5.91 Å². The molecule has 19 heavy (non-hydrogen) atoms. The van der Waals surface area contributed by atoms with E-state index in [0.717, 1.165) is 32.5 Å². The average Bonchev–Trinajstić information content (AvgIpc) is 2.79. The number of carbonyl (C=O) groups excluding carboxylic acids is 1. The van der Waals surface area contributed by atoms with Crippen molar-refractivity contribution in [3.05, 3.63) is 11.6 Å². The zero-order chi connectivity index (χ0) is 13.8. The average molecular weight is 267 g/mol. The lowest BCUT2D eigenvalue weighted by molar-refractivity contribution is -0.124. The standard InChI is InChI=1S/C14H25N3O2/c1-16-6-4-11(5-7-16)9-15-14(18)13-8-12(19-3)10-17(13)2/h4,12-13H,5-10H2,1-3H3,(H,15,18)/t12-,13-/m0/s1. The highest BCUT2D eigenvalue weighted by Crippen LogP contribution is 2.18. The van der Waals surface area contributed by atoms with Gasteiger partial charge in [0, 0.05) is 33.3 Å². The van der Waals surface area contributed by atoms with Crippen LogP contribution in [0.15, 0.2) is 11.6 Å². The van der Waals surface area contributed by atoms with Crippen LogP contribution in [0.1, 0.15) is 12.8 Å². The Morgan fingerprint density at radius 3 is 2.89 bits per heavy atom. The summed E-state index contributed by atoms with van der Waals surface area (Å²) in [7, 11) is 5.81. The zero-order valence-electron chi connectivity index (χ0n) is 12.2. The van der Waals surface area contributed by atoms with E-state index in [1.165, 1.54) is 5.57 Å². The predicted molar refractivity (Wildman–Crippen MR) is 75.0 cm³/mol. The van der Waals surface area contributed by atoms with Crippen molar-refractivity contribution in [2.45, 2.75) is 25.0 Å². The van der Waals surface area contributed by atoms with Crippen molar-refractivity contribution in [1.29, 1.82) is 0 Å². The third kappa shape index (κ3) is 3.78. The zero-order valence-corrected chi connectivity index (χ0v) is 12.2. The number of nitrogens with one attached hydrogen (secondary N) is 1. The maximum absolute atomic E-state index is 12.2. The minimum atomic E-state index is -0.0446. The maximum atomic E-state index is 12.2. The van der Waals surface area contributed by atoms with E-state index in [0.29, 0.717) is 6.54 Å². The van der Waals surface area contributed by atoms with Gasteiger partial charge < -0.3 is 15.0 Å². The Balaban J connectivity index is 1.78.